The number of rotatable bonds is 6. The van der Waals surface area contributed by atoms with Crippen LogP contribution in [0.25, 0.3) is 0 Å². The first kappa shape index (κ1) is 27.3. The highest BCUT2D eigenvalue weighted by Gasteiger charge is 2.84. The molecule has 0 aromatic heterocycles. The Hall–Kier alpha value is -2.25. The van der Waals surface area contributed by atoms with Crippen LogP contribution in [-0.2, 0) is 28.6 Å². The number of hydrogen-bond donors (Lipinski definition) is 1. The van der Waals surface area contributed by atoms with Gasteiger partial charge in [-0.05, 0) is 68.1 Å². The quantitative estimate of drug-likeness (QED) is 0.309. The number of cyclic esters (lactones) is 1. The smallest absolute Gasteiger partial charge is 0.309 e. The van der Waals surface area contributed by atoms with E-state index in [1.165, 1.54) is 7.11 Å². The van der Waals surface area contributed by atoms with E-state index in [0.717, 1.165) is 23.1 Å². The van der Waals surface area contributed by atoms with Crippen LogP contribution >= 0.6 is 0 Å². The lowest BCUT2D eigenvalue weighted by Gasteiger charge is -2.57. The Morgan fingerprint density at radius 3 is 2.45 bits per heavy atom. The molecule has 2 saturated heterocycles. The highest BCUT2D eigenvalue weighted by Crippen LogP contribution is 2.78. The van der Waals surface area contributed by atoms with Crippen molar-refractivity contribution >= 4 is 17.7 Å². The van der Waals surface area contributed by atoms with E-state index in [4.69, 9.17) is 14.2 Å². The van der Waals surface area contributed by atoms with Crippen LogP contribution in [0.5, 0.6) is 0 Å². The third-order valence-corrected chi connectivity index (χ3v) is 11.3. The summed E-state index contributed by atoms with van der Waals surface area (Å²) in [7, 11) is 1.39. The highest BCUT2D eigenvalue weighted by molar-refractivity contribution is 5.99. The Morgan fingerprint density at radius 1 is 1.18 bits per heavy atom. The Kier molecular flexibility index (Phi) is 6.20. The van der Waals surface area contributed by atoms with Crippen molar-refractivity contribution in [3.05, 3.63) is 35.5 Å². The van der Waals surface area contributed by atoms with Crippen LogP contribution in [0.4, 0.5) is 0 Å². The van der Waals surface area contributed by atoms with E-state index >= 15 is 0 Å². The molecule has 2 saturated carbocycles. The fraction of sp³-hybridized carbons (Fsp3) is 0.710. The van der Waals surface area contributed by atoms with Gasteiger partial charge in [0.15, 0.2) is 5.78 Å². The molecule has 0 aromatic rings. The molecule has 4 fully saturated rings. The third kappa shape index (κ3) is 3.30. The van der Waals surface area contributed by atoms with E-state index in [2.05, 4.69) is 13.5 Å². The predicted octanol–water partition coefficient (Wildman–Crippen LogP) is 4.48. The molecule has 0 aromatic carbocycles. The van der Waals surface area contributed by atoms with E-state index in [1.807, 2.05) is 40.7 Å². The Bertz CT molecular complexity index is 1170. The molecular weight excluding hydrogens is 484 g/mol. The summed E-state index contributed by atoms with van der Waals surface area (Å²) in [6.45, 7) is 16.2. The molecule has 5 rings (SSSR count). The standard InChI is InChI=1S/C31H42O7/c1-16(2)20-14-25-31(38-25)22(28(20,5)10-9-26(34)36-8)15-23(32)29(6)21(13-24(33)30(29,31)7)17(3)11-19-12-18(4)27(35)37-19/h11,15,18-21,24-25,33H,1,9-10,12-14H2,2-8H3/b17-11-/t18-,19-,20-,21+,24-,25+,28-,29-,30+,31-/m0/s1. The van der Waals surface area contributed by atoms with E-state index in [0.29, 0.717) is 19.3 Å². The zero-order valence-electron chi connectivity index (χ0n) is 23.8. The summed E-state index contributed by atoms with van der Waals surface area (Å²) in [4.78, 5) is 38.5. The van der Waals surface area contributed by atoms with Crippen LogP contribution in [0.2, 0.25) is 0 Å². The minimum Gasteiger partial charge on any atom is -0.469 e. The monoisotopic (exact) mass is 526 g/mol. The molecule has 0 radical (unpaired) electrons. The molecule has 2 aliphatic heterocycles. The Balaban J connectivity index is 1.59. The SMILES string of the molecule is C=C(C)[C@@H]1C[C@H]2O[C@@]23C(=CC(=O)[C@]2(C)[C@@H](/C(C)=C\[C@H]4C[C@H](C)C(=O)O4)C[C@H](O)[C@]23C)[C@@]1(C)CCC(=O)OC. The van der Waals surface area contributed by atoms with Gasteiger partial charge in [0, 0.05) is 23.7 Å². The average Bonchev–Trinajstić information content (AvgIpc) is 3.44. The lowest BCUT2D eigenvalue weighted by atomic mass is 9.43. The molecule has 208 valence electrons. The van der Waals surface area contributed by atoms with Gasteiger partial charge in [-0.1, -0.05) is 45.4 Å². The Morgan fingerprint density at radius 2 is 1.87 bits per heavy atom. The van der Waals surface area contributed by atoms with Crippen LogP contribution in [0.15, 0.2) is 35.5 Å². The maximum absolute atomic E-state index is 14.3. The number of ketones is 1. The van der Waals surface area contributed by atoms with Gasteiger partial charge in [0.2, 0.25) is 0 Å². The van der Waals surface area contributed by atoms with Crippen molar-refractivity contribution in [2.75, 3.05) is 7.11 Å². The van der Waals surface area contributed by atoms with E-state index < -0.39 is 27.9 Å². The normalized spacial score (nSPS) is 47.5. The number of esters is 2. The number of ether oxygens (including phenoxy) is 3. The number of allylic oxidation sites excluding steroid dienone is 3. The molecule has 0 amide bonds. The first-order chi connectivity index (χ1) is 17.7. The lowest BCUT2D eigenvalue weighted by molar-refractivity contribution is -0.144. The molecular formula is C31H42O7. The van der Waals surface area contributed by atoms with Gasteiger partial charge in [0.05, 0.1) is 25.2 Å². The van der Waals surface area contributed by atoms with Crippen LogP contribution in [0, 0.1) is 34.0 Å². The summed E-state index contributed by atoms with van der Waals surface area (Å²) in [6, 6.07) is 0. The van der Waals surface area contributed by atoms with Crippen molar-refractivity contribution in [2.45, 2.75) is 97.6 Å². The van der Waals surface area contributed by atoms with Crippen molar-refractivity contribution in [1.29, 1.82) is 0 Å². The molecule has 1 spiro atoms. The molecule has 2 heterocycles. The van der Waals surface area contributed by atoms with Gasteiger partial charge in [-0.15, -0.1) is 0 Å². The summed E-state index contributed by atoms with van der Waals surface area (Å²) >= 11 is 0. The molecule has 3 aliphatic carbocycles. The van der Waals surface area contributed by atoms with Crippen LogP contribution in [-0.4, -0.2) is 53.9 Å². The second kappa shape index (κ2) is 8.62. The number of fused-ring (bicyclic) bond motifs is 1. The predicted molar refractivity (Wildman–Crippen MR) is 141 cm³/mol. The van der Waals surface area contributed by atoms with Gasteiger partial charge in [-0.25, -0.2) is 0 Å². The molecule has 1 N–H and O–H groups in total. The number of methoxy groups -OCH3 is 1. The van der Waals surface area contributed by atoms with Gasteiger partial charge in [0.1, 0.15) is 11.7 Å². The van der Waals surface area contributed by atoms with Crippen molar-refractivity contribution in [3.63, 3.8) is 0 Å². The van der Waals surface area contributed by atoms with Crippen molar-refractivity contribution in [1.82, 2.24) is 0 Å². The Labute approximate surface area is 225 Å². The van der Waals surface area contributed by atoms with Crippen molar-refractivity contribution in [2.24, 2.45) is 34.0 Å². The maximum atomic E-state index is 14.3. The number of aliphatic hydroxyl groups excluding tert-OH is 1. The summed E-state index contributed by atoms with van der Waals surface area (Å²) in [5, 5.41) is 11.8. The van der Waals surface area contributed by atoms with Gasteiger partial charge in [-0.2, -0.15) is 0 Å². The highest BCUT2D eigenvalue weighted by atomic mass is 16.6. The molecule has 0 unspecified atom stereocenters. The molecule has 0 bridgehead atoms. The first-order valence-corrected chi connectivity index (χ1v) is 13.9. The number of epoxide rings is 1. The molecule has 10 atom stereocenters. The molecule has 5 aliphatic rings. The van der Waals surface area contributed by atoms with Gasteiger partial charge >= 0.3 is 11.9 Å². The largest absolute Gasteiger partial charge is 0.469 e. The zero-order valence-corrected chi connectivity index (χ0v) is 23.8. The summed E-state index contributed by atoms with van der Waals surface area (Å²) < 4.78 is 17.1. The fourth-order valence-corrected chi connectivity index (χ4v) is 8.91. The third-order valence-electron chi connectivity index (χ3n) is 11.3. The number of hydrogen-bond acceptors (Lipinski definition) is 7. The molecule has 7 heteroatoms. The number of carbonyl (C=O) groups excluding carboxylic acids is 3. The van der Waals surface area contributed by atoms with E-state index in [1.54, 1.807) is 6.08 Å². The second-order valence-corrected chi connectivity index (χ2v) is 13.1. The topological polar surface area (TPSA) is 102 Å². The number of carbonyl (C=O) groups is 3. The zero-order chi connectivity index (χ0) is 28.0. The van der Waals surface area contributed by atoms with Crippen LogP contribution in [0.1, 0.15) is 73.6 Å². The van der Waals surface area contributed by atoms with Crippen molar-refractivity contribution < 1.29 is 33.7 Å². The van der Waals surface area contributed by atoms with Gasteiger partial charge in [0.25, 0.3) is 0 Å². The second-order valence-electron chi connectivity index (χ2n) is 13.1. The fourth-order valence-electron chi connectivity index (χ4n) is 8.91. The van der Waals surface area contributed by atoms with E-state index in [-0.39, 0.29) is 54.1 Å². The summed E-state index contributed by atoms with van der Waals surface area (Å²) in [5.74, 6) is -0.839. The van der Waals surface area contributed by atoms with Gasteiger partial charge < -0.3 is 19.3 Å². The minimum atomic E-state index is -0.904. The van der Waals surface area contributed by atoms with Crippen LogP contribution < -0.4 is 0 Å². The first-order valence-electron chi connectivity index (χ1n) is 13.9. The van der Waals surface area contributed by atoms with Crippen LogP contribution in [0.3, 0.4) is 0 Å². The summed E-state index contributed by atoms with van der Waals surface area (Å²) in [5.41, 5.74) is -0.235. The lowest BCUT2D eigenvalue weighted by Crippen LogP contribution is -2.63. The molecule has 7 nitrogen and oxygen atoms in total. The van der Waals surface area contributed by atoms with Crippen molar-refractivity contribution in [3.8, 4) is 0 Å². The summed E-state index contributed by atoms with van der Waals surface area (Å²) in [6.07, 6.45) is 5.05. The maximum Gasteiger partial charge on any atom is 0.309 e. The minimum absolute atomic E-state index is 0.0207. The molecule has 38 heavy (non-hydrogen) atoms. The average molecular weight is 527 g/mol. The van der Waals surface area contributed by atoms with Gasteiger partial charge in [-0.3, -0.25) is 14.4 Å². The van der Waals surface area contributed by atoms with E-state index in [9.17, 15) is 19.5 Å². The number of aliphatic hydroxyl groups is 1.